The minimum atomic E-state index is -4.02. The van der Waals surface area contributed by atoms with E-state index < -0.39 is 21.4 Å². The fourth-order valence-electron chi connectivity index (χ4n) is 2.20. The molecule has 0 atom stereocenters. The van der Waals surface area contributed by atoms with Crippen LogP contribution in [0, 0.1) is 5.82 Å². The normalized spacial score (nSPS) is 11.5. The maximum atomic E-state index is 13.9. The molecular weight excluding hydrogens is 379 g/mol. The first-order valence-corrected chi connectivity index (χ1v) is 9.31. The SMILES string of the molecule is CCOc1ccc(S(=O)(=O)NCc2nc(-c3ccc[nH]c3=O)no2)cc1F. The maximum Gasteiger partial charge on any atom is 0.259 e. The largest absolute Gasteiger partial charge is 0.491 e. The van der Waals surface area contributed by atoms with Gasteiger partial charge in [-0.25, -0.2) is 17.5 Å². The smallest absolute Gasteiger partial charge is 0.259 e. The summed E-state index contributed by atoms with van der Waals surface area (Å²) in [6.07, 6.45) is 1.46. The van der Waals surface area contributed by atoms with Crippen LogP contribution in [0.2, 0.25) is 0 Å². The number of nitrogens with zero attached hydrogens (tertiary/aromatic N) is 2. The molecule has 0 aliphatic heterocycles. The summed E-state index contributed by atoms with van der Waals surface area (Å²) in [7, 11) is -4.02. The van der Waals surface area contributed by atoms with Crippen molar-refractivity contribution in [2.24, 2.45) is 0 Å². The highest BCUT2D eigenvalue weighted by molar-refractivity contribution is 7.89. The van der Waals surface area contributed by atoms with Gasteiger partial charge in [0, 0.05) is 6.20 Å². The molecule has 2 heterocycles. The topological polar surface area (TPSA) is 127 Å². The fourth-order valence-corrected chi connectivity index (χ4v) is 3.18. The lowest BCUT2D eigenvalue weighted by Gasteiger charge is -2.08. The van der Waals surface area contributed by atoms with Gasteiger partial charge >= 0.3 is 0 Å². The molecule has 0 amide bonds. The lowest BCUT2D eigenvalue weighted by Crippen LogP contribution is -2.23. The number of rotatable bonds is 7. The minimum absolute atomic E-state index is 0.0261. The van der Waals surface area contributed by atoms with Gasteiger partial charge in [0.2, 0.25) is 21.7 Å². The van der Waals surface area contributed by atoms with E-state index in [1.165, 1.54) is 24.4 Å². The van der Waals surface area contributed by atoms with Crippen LogP contribution >= 0.6 is 0 Å². The predicted octanol–water partition coefficient (Wildman–Crippen LogP) is 1.44. The number of H-pyrrole nitrogens is 1. The van der Waals surface area contributed by atoms with Crippen molar-refractivity contribution in [3.63, 3.8) is 0 Å². The van der Waals surface area contributed by atoms with Gasteiger partial charge in [0.25, 0.3) is 5.56 Å². The number of nitrogens with one attached hydrogen (secondary N) is 2. The molecule has 0 bridgehead atoms. The van der Waals surface area contributed by atoms with Gasteiger partial charge in [-0.05, 0) is 37.3 Å². The zero-order valence-corrected chi connectivity index (χ0v) is 14.9. The molecule has 0 aliphatic carbocycles. The zero-order valence-electron chi connectivity index (χ0n) is 14.1. The van der Waals surface area contributed by atoms with Crippen molar-refractivity contribution in [1.82, 2.24) is 19.8 Å². The average molecular weight is 394 g/mol. The van der Waals surface area contributed by atoms with Gasteiger partial charge in [-0.15, -0.1) is 0 Å². The third kappa shape index (κ3) is 4.20. The number of ether oxygens (including phenoxy) is 1. The van der Waals surface area contributed by atoms with Crippen molar-refractivity contribution >= 4 is 10.0 Å². The summed E-state index contributed by atoms with van der Waals surface area (Å²) in [6, 6.07) is 6.41. The quantitative estimate of drug-likeness (QED) is 0.621. The van der Waals surface area contributed by atoms with Crippen LogP contribution < -0.4 is 15.0 Å². The highest BCUT2D eigenvalue weighted by Gasteiger charge is 2.19. The molecule has 2 N–H and O–H groups in total. The molecule has 0 aliphatic rings. The van der Waals surface area contributed by atoms with E-state index in [1.807, 2.05) is 0 Å². The van der Waals surface area contributed by atoms with E-state index in [4.69, 9.17) is 9.26 Å². The lowest BCUT2D eigenvalue weighted by molar-refractivity contribution is 0.321. The van der Waals surface area contributed by atoms with Gasteiger partial charge in [-0.2, -0.15) is 4.98 Å². The first kappa shape index (κ1) is 18.7. The Morgan fingerprint density at radius 1 is 1.33 bits per heavy atom. The molecule has 3 aromatic rings. The maximum absolute atomic E-state index is 13.9. The van der Waals surface area contributed by atoms with Crippen molar-refractivity contribution in [3.05, 3.63) is 58.6 Å². The second-order valence-corrected chi connectivity index (χ2v) is 7.04. The summed E-state index contributed by atoms with van der Waals surface area (Å²) >= 11 is 0. The number of halogens is 1. The van der Waals surface area contributed by atoms with E-state index >= 15 is 0 Å². The van der Waals surface area contributed by atoms with Crippen LogP contribution in [0.3, 0.4) is 0 Å². The summed E-state index contributed by atoms with van der Waals surface area (Å²) in [5, 5.41) is 3.65. The number of aromatic nitrogens is 3. The van der Waals surface area contributed by atoms with Crippen LogP contribution in [-0.4, -0.2) is 30.1 Å². The van der Waals surface area contributed by atoms with Crippen molar-refractivity contribution in [2.75, 3.05) is 6.61 Å². The molecule has 0 saturated heterocycles. The van der Waals surface area contributed by atoms with Crippen molar-refractivity contribution in [2.45, 2.75) is 18.4 Å². The number of benzene rings is 1. The van der Waals surface area contributed by atoms with Crippen LogP contribution in [0.5, 0.6) is 5.75 Å². The van der Waals surface area contributed by atoms with E-state index in [0.29, 0.717) is 0 Å². The zero-order chi connectivity index (χ0) is 19.4. The molecule has 0 saturated carbocycles. The molecule has 27 heavy (non-hydrogen) atoms. The van der Waals surface area contributed by atoms with E-state index in [2.05, 4.69) is 19.8 Å². The van der Waals surface area contributed by atoms with Crippen molar-refractivity contribution in [1.29, 1.82) is 0 Å². The molecule has 142 valence electrons. The Labute approximate surface area is 153 Å². The van der Waals surface area contributed by atoms with Crippen molar-refractivity contribution < 1.29 is 22.1 Å². The average Bonchev–Trinajstić information content (AvgIpc) is 3.11. The molecule has 9 nitrogen and oxygen atoms in total. The first-order valence-electron chi connectivity index (χ1n) is 7.83. The molecule has 0 spiro atoms. The summed E-state index contributed by atoms with van der Waals surface area (Å²) in [4.78, 5) is 17.9. The monoisotopic (exact) mass is 394 g/mol. The van der Waals surface area contributed by atoms with E-state index in [0.717, 1.165) is 6.07 Å². The molecule has 0 fully saturated rings. The molecular formula is C16H15FN4O5S. The van der Waals surface area contributed by atoms with Crippen LogP contribution in [-0.2, 0) is 16.6 Å². The Kier molecular flexibility index (Phi) is 5.33. The molecule has 2 aromatic heterocycles. The van der Waals surface area contributed by atoms with Gasteiger partial charge in [0.05, 0.1) is 23.6 Å². The number of hydrogen-bond donors (Lipinski definition) is 2. The molecule has 0 unspecified atom stereocenters. The van der Waals surface area contributed by atoms with E-state index in [1.54, 1.807) is 13.0 Å². The summed E-state index contributed by atoms with van der Waals surface area (Å²) in [6.45, 7) is 1.62. The van der Waals surface area contributed by atoms with Crippen LogP contribution in [0.15, 0.2) is 50.7 Å². The highest BCUT2D eigenvalue weighted by Crippen LogP contribution is 2.21. The second kappa shape index (κ2) is 7.68. The Balaban J connectivity index is 1.74. The summed E-state index contributed by atoms with van der Waals surface area (Å²) in [5.74, 6) is -0.851. The standard InChI is InChI=1S/C16H15FN4O5S/c1-2-25-13-6-5-10(8-12(13)17)27(23,24)19-9-14-20-15(21-26-14)11-4-3-7-18-16(11)22/h3-8,19H,2,9H2,1H3,(H,18,22). The first-order chi connectivity index (χ1) is 12.9. The Hall–Kier alpha value is -3.05. The minimum Gasteiger partial charge on any atom is -0.491 e. The van der Waals surface area contributed by atoms with Crippen LogP contribution in [0.4, 0.5) is 4.39 Å². The fraction of sp³-hybridized carbons (Fsp3) is 0.188. The third-order valence-corrected chi connectivity index (χ3v) is 4.85. The van der Waals surface area contributed by atoms with Crippen LogP contribution in [0.25, 0.3) is 11.4 Å². The van der Waals surface area contributed by atoms with Crippen LogP contribution in [0.1, 0.15) is 12.8 Å². The second-order valence-electron chi connectivity index (χ2n) is 5.27. The Morgan fingerprint density at radius 2 is 2.15 bits per heavy atom. The van der Waals surface area contributed by atoms with Gasteiger partial charge < -0.3 is 14.2 Å². The van der Waals surface area contributed by atoms with Gasteiger partial charge in [-0.3, -0.25) is 4.79 Å². The Bertz CT molecular complexity index is 1110. The molecule has 1 aromatic carbocycles. The summed E-state index contributed by atoms with van der Waals surface area (Å²) in [5.41, 5.74) is -0.223. The molecule has 3 rings (SSSR count). The predicted molar refractivity (Wildman–Crippen MR) is 91.9 cm³/mol. The third-order valence-electron chi connectivity index (χ3n) is 3.45. The van der Waals surface area contributed by atoms with Gasteiger partial charge in [0.1, 0.15) is 0 Å². The van der Waals surface area contributed by atoms with E-state index in [-0.39, 0.29) is 41.1 Å². The Morgan fingerprint density at radius 3 is 2.85 bits per heavy atom. The molecule has 11 heteroatoms. The number of hydrogen-bond acceptors (Lipinski definition) is 7. The van der Waals surface area contributed by atoms with Crippen molar-refractivity contribution in [3.8, 4) is 17.1 Å². The lowest BCUT2D eigenvalue weighted by atomic mass is 10.3. The van der Waals surface area contributed by atoms with Gasteiger partial charge in [-0.1, -0.05) is 5.16 Å². The molecule has 0 radical (unpaired) electrons. The number of pyridine rings is 1. The highest BCUT2D eigenvalue weighted by atomic mass is 32.2. The number of aromatic amines is 1. The summed E-state index contributed by atoms with van der Waals surface area (Å²) < 4.78 is 50.7. The van der Waals surface area contributed by atoms with E-state index in [9.17, 15) is 17.6 Å². The number of sulfonamides is 1. The van der Waals surface area contributed by atoms with Gasteiger partial charge in [0.15, 0.2) is 11.6 Å².